The first-order valence-electron chi connectivity index (χ1n) is 9.71. The van der Waals surface area contributed by atoms with Crippen LogP contribution in [0.1, 0.15) is 60.8 Å². The summed E-state index contributed by atoms with van der Waals surface area (Å²) in [6, 6.07) is -0.582. The summed E-state index contributed by atoms with van der Waals surface area (Å²) in [6.45, 7) is 13.0. The van der Waals surface area contributed by atoms with Gasteiger partial charge >= 0.3 is 6.09 Å². The van der Waals surface area contributed by atoms with Crippen LogP contribution < -0.4 is 5.32 Å². The Morgan fingerprint density at radius 3 is 2.12 bits per heavy atom. The number of carbonyl (C=O) groups is 2. The summed E-state index contributed by atoms with van der Waals surface area (Å²) in [6.07, 6.45) is 1.83. The van der Waals surface area contributed by atoms with Crippen LogP contribution in [0.25, 0.3) is 0 Å². The third kappa shape index (κ3) is 8.85. The van der Waals surface area contributed by atoms with E-state index >= 15 is 0 Å². The van der Waals surface area contributed by atoms with E-state index < -0.39 is 24.0 Å². The SMILES string of the molecule is CCOC(CN(CC)C(=O)[C@@H](CC1CC1)NC(=O)OC(C)(C)C)OCC. The van der Waals surface area contributed by atoms with Crippen molar-refractivity contribution in [1.29, 1.82) is 0 Å². The molecule has 0 aromatic rings. The van der Waals surface area contributed by atoms with Gasteiger partial charge in [0.15, 0.2) is 6.29 Å². The molecule has 1 rings (SSSR count). The molecule has 26 heavy (non-hydrogen) atoms. The summed E-state index contributed by atoms with van der Waals surface area (Å²) >= 11 is 0. The molecule has 7 heteroatoms. The fourth-order valence-corrected chi connectivity index (χ4v) is 2.66. The van der Waals surface area contributed by atoms with Crippen molar-refractivity contribution in [3.8, 4) is 0 Å². The number of carbonyl (C=O) groups excluding carboxylic acids is 2. The van der Waals surface area contributed by atoms with Crippen LogP contribution in [0.2, 0.25) is 0 Å². The molecule has 0 unspecified atom stereocenters. The Hall–Kier alpha value is -1.34. The van der Waals surface area contributed by atoms with Crippen LogP contribution in [0, 0.1) is 5.92 Å². The molecule has 0 radical (unpaired) electrons. The predicted octanol–water partition coefficient (Wildman–Crippen LogP) is 2.93. The van der Waals surface area contributed by atoms with E-state index in [1.807, 2.05) is 20.8 Å². The minimum absolute atomic E-state index is 0.116. The van der Waals surface area contributed by atoms with Crippen LogP contribution in [0.15, 0.2) is 0 Å². The van der Waals surface area contributed by atoms with Gasteiger partial charge in [0.25, 0.3) is 0 Å². The van der Waals surface area contributed by atoms with Crippen molar-refractivity contribution in [1.82, 2.24) is 10.2 Å². The van der Waals surface area contributed by atoms with Crippen molar-refractivity contribution in [2.75, 3.05) is 26.3 Å². The minimum atomic E-state index is -0.600. The van der Waals surface area contributed by atoms with E-state index in [9.17, 15) is 9.59 Å². The zero-order chi connectivity index (χ0) is 19.7. The van der Waals surface area contributed by atoms with E-state index in [0.717, 1.165) is 12.8 Å². The van der Waals surface area contributed by atoms with Gasteiger partial charge in [0, 0.05) is 19.8 Å². The highest BCUT2D eigenvalue weighted by molar-refractivity contribution is 5.85. The van der Waals surface area contributed by atoms with Gasteiger partial charge in [-0.25, -0.2) is 4.79 Å². The van der Waals surface area contributed by atoms with Crippen molar-refractivity contribution in [3.63, 3.8) is 0 Å². The monoisotopic (exact) mass is 372 g/mol. The van der Waals surface area contributed by atoms with Crippen LogP contribution in [0.5, 0.6) is 0 Å². The maximum absolute atomic E-state index is 13.0. The molecule has 2 amide bonds. The van der Waals surface area contributed by atoms with Gasteiger partial charge in [0.2, 0.25) is 5.91 Å². The van der Waals surface area contributed by atoms with Crippen molar-refractivity contribution < 1.29 is 23.8 Å². The van der Waals surface area contributed by atoms with E-state index in [4.69, 9.17) is 14.2 Å². The molecule has 0 aromatic heterocycles. The highest BCUT2D eigenvalue weighted by Crippen LogP contribution is 2.34. The number of amides is 2. The van der Waals surface area contributed by atoms with E-state index in [2.05, 4.69) is 5.32 Å². The molecule has 1 aliphatic carbocycles. The Labute approximate surface area is 157 Å². The second-order valence-electron chi connectivity index (χ2n) is 7.60. The average Bonchev–Trinajstić information content (AvgIpc) is 3.33. The zero-order valence-electron chi connectivity index (χ0n) is 17.2. The lowest BCUT2D eigenvalue weighted by molar-refractivity contribution is -0.159. The molecule has 1 fully saturated rings. The fraction of sp³-hybridized carbons (Fsp3) is 0.895. The Balaban J connectivity index is 2.75. The van der Waals surface area contributed by atoms with Gasteiger partial charge in [-0.15, -0.1) is 0 Å². The lowest BCUT2D eigenvalue weighted by Crippen LogP contribution is -2.51. The summed E-state index contributed by atoms with van der Waals surface area (Å²) < 4.78 is 16.4. The zero-order valence-corrected chi connectivity index (χ0v) is 17.2. The van der Waals surface area contributed by atoms with E-state index in [1.54, 1.807) is 25.7 Å². The average molecular weight is 373 g/mol. The molecule has 0 aliphatic heterocycles. The van der Waals surface area contributed by atoms with Gasteiger partial charge in [-0.2, -0.15) is 0 Å². The van der Waals surface area contributed by atoms with Crippen LogP contribution in [0.4, 0.5) is 4.79 Å². The Morgan fingerprint density at radius 2 is 1.69 bits per heavy atom. The maximum Gasteiger partial charge on any atom is 0.408 e. The molecule has 1 atom stereocenters. The van der Waals surface area contributed by atoms with E-state index in [-0.39, 0.29) is 5.91 Å². The molecule has 0 bridgehead atoms. The normalized spacial score (nSPS) is 15.7. The Kier molecular flexibility index (Phi) is 9.36. The van der Waals surface area contributed by atoms with Gasteiger partial charge in [0.05, 0.1) is 6.54 Å². The number of hydrogen-bond donors (Lipinski definition) is 1. The van der Waals surface area contributed by atoms with Crippen molar-refractivity contribution in [2.45, 2.75) is 78.7 Å². The van der Waals surface area contributed by atoms with Gasteiger partial charge in [0.1, 0.15) is 11.6 Å². The molecule has 1 N–H and O–H groups in total. The quantitative estimate of drug-likeness (QED) is 0.564. The number of rotatable bonds is 11. The third-order valence-electron chi connectivity index (χ3n) is 4.02. The number of alkyl carbamates (subject to hydrolysis) is 1. The first-order valence-corrected chi connectivity index (χ1v) is 9.71. The first kappa shape index (κ1) is 22.7. The van der Waals surface area contributed by atoms with Crippen molar-refractivity contribution in [2.24, 2.45) is 5.92 Å². The number of hydrogen-bond acceptors (Lipinski definition) is 5. The highest BCUT2D eigenvalue weighted by atomic mass is 16.7. The summed E-state index contributed by atoms with van der Waals surface area (Å²) in [4.78, 5) is 26.9. The minimum Gasteiger partial charge on any atom is -0.444 e. The number of likely N-dealkylation sites (N-methyl/N-ethyl adjacent to an activating group) is 1. The van der Waals surface area contributed by atoms with Crippen LogP contribution in [0.3, 0.4) is 0 Å². The fourth-order valence-electron chi connectivity index (χ4n) is 2.66. The molecule has 152 valence electrons. The maximum atomic E-state index is 13.0. The molecule has 0 spiro atoms. The van der Waals surface area contributed by atoms with E-state index in [0.29, 0.717) is 38.6 Å². The number of nitrogens with one attached hydrogen (secondary N) is 1. The molecule has 7 nitrogen and oxygen atoms in total. The molecule has 0 heterocycles. The molecule has 1 aliphatic rings. The van der Waals surface area contributed by atoms with Crippen LogP contribution in [-0.4, -0.2) is 61.1 Å². The lowest BCUT2D eigenvalue weighted by atomic mass is 10.1. The lowest BCUT2D eigenvalue weighted by Gasteiger charge is -2.30. The summed E-state index contributed by atoms with van der Waals surface area (Å²) in [5.74, 6) is 0.377. The summed E-state index contributed by atoms with van der Waals surface area (Å²) in [7, 11) is 0. The summed E-state index contributed by atoms with van der Waals surface area (Å²) in [5, 5.41) is 2.76. The molecular weight excluding hydrogens is 336 g/mol. The number of nitrogens with zero attached hydrogens (tertiary/aromatic N) is 1. The van der Waals surface area contributed by atoms with Gasteiger partial charge in [-0.3, -0.25) is 4.79 Å². The van der Waals surface area contributed by atoms with Gasteiger partial charge < -0.3 is 24.4 Å². The Morgan fingerprint density at radius 1 is 1.12 bits per heavy atom. The van der Waals surface area contributed by atoms with Crippen LogP contribution in [-0.2, 0) is 19.0 Å². The van der Waals surface area contributed by atoms with Crippen molar-refractivity contribution in [3.05, 3.63) is 0 Å². The highest BCUT2D eigenvalue weighted by Gasteiger charge is 2.34. The number of ether oxygens (including phenoxy) is 3. The topological polar surface area (TPSA) is 77.1 Å². The molecule has 0 aromatic carbocycles. The predicted molar refractivity (Wildman–Crippen MR) is 99.8 cm³/mol. The largest absolute Gasteiger partial charge is 0.444 e. The molecule has 1 saturated carbocycles. The second kappa shape index (κ2) is 10.7. The van der Waals surface area contributed by atoms with Gasteiger partial charge in [-0.05, 0) is 53.9 Å². The van der Waals surface area contributed by atoms with Crippen LogP contribution >= 0.6 is 0 Å². The summed E-state index contributed by atoms with van der Waals surface area (Å²) in [5.41, 5.74) is -0.600. The smallest absolute Gasteiger partial charge is 0.408 e. The van der Waals surface area contributed by atoms with Gasteiger partial charge in [-0.1, -0.05) is 12.8 Å². The van der Waals surface area contributed by atoms with E-state index in [1.165, 1.54) is 0 Å². The third-order valence-corrected chi connectivity index (χ3v) is 4.02. The second-order valence-corrected chi connectivity index (χ2v) is 7.60. The first-order chi connectivity index (χ1) is 12.2. The Bertz CT molecular complexity index is 440. The van der Waals surface area contributed by atoms with Crippen molar-refractivity contribution >= 4 is 12.0 Å². The molecular formula is C19H36N2O5. The molecule has 0 saturated heterocycles. The standard InChI is InChI=1S/C19H36N2O5/c1-7-21(13-16(24-8-2)25-9-3)17(22)15(12-14-10-11-14)20-18(23)26-19(4,5)6/h14-16H,7-13H2,1-6H3,(H,20,23)/t15-/m1/s1.